The lowest BCUT2D eigenvalue weighted by Crippen LogP contribution is -2.36. The highest BCUT2D eigenvalue weighted by Gasteiger charge is 2.19. The highest BCUT2D eigenvalue weighted by molar-refractivity contribution is 5.98. The number of para-hydroxylation sites is 1. The molecular formula is C17H16N2O. The summed E-state index contributed by atoms with van der Waals surface area (Å²) in [5, 5.41) is 0. The van der Waals surface area contributed by atoms with E-state index in [4.69, 9.17) is 5.73 Å². The van der Waals surface area contributed by atoms with Crippen molar-refractivity contribution in [2.75, 3.05) is 11.4 Å². The topological polar surface area (TPSA) is 46.3 Å². The number of rotatable bonds is 1. The van der Waals surface area contributed by atoms with E-state index >= 15 is 0 Å². The minimum Gasteiger partial charge on any atom is -0.322 e. The summed E-state index contributed by atoms with van der Waals surface area (Å²) in [5.41, 5.74) is 9.76. The molecule has 0 unspecified atom stereocenters. The van der Waals surface area contributed by atoms with E-state index in [1.165, 1.54) is 0 Å². The summed E-state index contributed by atoms with van der Waals surface area (Å²) in [6.45, 7) is 0.563. The number of fused-ring (bicyclic) bond motifs is 2. The quantitative estimate of drug-likeness (QED) is 0.860. The molecule has 0 radical (unpaired) electrons. The van der Waals surface area contributed by atoms with Crippen molar-refractivity contribution in [2.45, 2.75) is 6.54 Å². The maximum atomic E-state index is 12.2. The van der Waals surface area contributed by atoms with Gasteiger partial charge in [0.2, 0.25) is 5.91 Å². The Balaban J connectivity index is 2.17. The van der Waals surface area contributed by atoms with Crippen LogP contribution in [0.2, 0.25) is 0 Å². The predicted molar refractivity (Wildman–Crippen MR) is 82.1 cm³/mol. The number of hydrogen-bond donors (Lipinski definition) is 1. The van der Waals surface area contributed by atoms with Crippen LogP contribution in [0.25, 0.3) is 12.2 Å². The van der Waals surface area contributed by atoms with E-state index < -0.39 is 0 Å². The van der Waals surface area contributed by atoms with Crippen LogP contribution in [-0.2, 0) is 11.3 Å². The van der Waals surface area contributed by atoms with Crippen LogP contribution in [0.3, 0.4) is 0 Å². The van der Waals surface area contributed by atoms with Crippen LogP contribution < -0.4 is 10.6 Å². The summed E-state index contributed by atoms with van der Waals surface area (Å²) in [7, 11) is 0. The first kappa shape index (κ1) is 12.6. The monoisotopic (exact) mass is 264 g/mol. The van der Waals surface area contributed by atoms with Gasteiger partial charge in [0.15, 0.2) is 0 Å². The van der Waals surface area contributed by atoms with Crippen molar-refractivity contribution in [1.82, 2.24) is 0 Å². The van der Waals surface area contributed by atoms with E-state index in [0.29, 0.717) is 6.54 Å². The molecule has 0 aromatic heterocycles. The zero-order chi connectivity index (χ0) is 13.9. The predicted octanol–water partition coefficient (Wildman–Crippen LogP) is 2.66. The number of nitrogens with two attached hydrogens (primary N) is 1. The number of anilines is 1. The molecular weight excluding hydrogens is 248 g/mol. The zero-order valence-corrected chi connectivity index (χ0v) is 11.1. The molecule has 3 rings (SSSR count). The lowest BCUT2D eigenvalue weighted by atomic mass is 10.0. The Morgan fingerprint density at radius 1 is 1.00 bits per heavy atom. The fraction of sp³-hybridized carbons (Fsp3) is 0.118. The first-order valence-electron chi connectivity index (χ1n) is 6.65. The average molecular weight is 264 g/mol. The standard InChI is InChI=1S/C17H16N2O/c18-11-17(20)19-12-15-7-2-1-5-13(15)9-10-14-6-3-4-8-16(14)19/h1-10H,11-12,18H2/b10-9-. The van der Waals surface area contributed by atoms with Gasteiger partial charge in [0.1, 0.15) is 0 Å². The van der Waals surface area contributed by atoms with Crippen molar-refractivity contribution < 1.29 is 4.79 Å². The zero-order valence-electron chi connectivity index (χ0n) is 11.1. The van der Waals surface area contributed by atoms with Crippen LogP contribution in [0.5, 0.6) is 0 Å². The van der Waals surface area contributed by atoms with Gasteiger partial charge in [-0.1, -0.05) is 54.6 Å². The third-order valence-electron chi connectivity index (χ3n) is 3.53. The summed E-state index contributed by atoms with van der Waals surface area (Å²) in [6, 6.07) is 16.0. The molecule has 1 aliphatic rings. The maximum absolute atomic E-state index is 12.2. The molecule has 1 heterocycles. The molecule has 0 atom stereocenters. The summed E-state index contributed by atoms with van der Waals surface area (Å²) < 4.78 is 0. The summed E-state index contributed by atoms with van der Waals surface area (Å²) in [5.74, 6) is -0.0671. The van der Waals surface area contributed by atoms with Gasteiger partial charge in [-0.05, 0) is 22.8 Å². The van der Waals surface area contributed by atoms with E-state index in [1.807, 2.05) is 48.5 Å². The van der Waals surface area contributed by atoms with E-state index in [2.05, 4.69) is 12.1 Å². The number of benzene rings is 2. The Labute approximate surface area is 118 Å². The largest absolute Gasteiger partial charge is 0.322 e. The van der Waals surface area contributed by atoms with Crippen molar-refractivity contribution >= 4 is 23.7 Å². The van der Waals surface area contributed by atoms with Crippen LogP contribution >= 0.6 is 0 Å². The van der Waals surface area contributed by atoms with Crippen molar-refractivity contribution in [3.05, 3.63) is 65.2 Å². The molecule has 3 nitrogen and oxygen atoms in total. The molecule has 1 amide bonds. The Bertz CT molecular complexity index is 676. The molecule has 0 spiro atoms. The number of carbonyl (C=O) groups is 1. The highest BCUT2D eigenvalue weighted by atomic mass is 16.2. The molecule has 0 saturated carbocycles. The van der Waals surface area contributed by atoms with Gasteiger partial charge in [0, 0.05) is 0 Å². The van der Waals surface area contributed by atoms with Crippen LogP contribution in [0, 0.1) is 0 Å². The van der Waals surface area contributed by atoms with Crippen molar-refractivity contribution in [1.29, 1.82) is 0 Å². The molecule has 2 aromatic rings. The molecule has 2 N–H and O–H groups in total. The lowest BCUT2D eigenvalue weighted by molar-refractivity contribution is -0.117. The Morgan fingerprint density at radius 2 is 1.65 bits per heavy atom. The molecule has 0 bridgehead atoms. The summed E-state index contributed by atoms with van der Waals surface area (Å²) in [6.07, 6.45) is 4.14. The number of amides is 1. The third kappa shape index (κ3) is 2.24. The lowest BCUT2D eigenvalue weighted by Gasteiger charge is -2.26. The molecule has 2 aromatic carbocycles. The Kier molecular flexibility index (Phi) is 3.35. The van der Waals surface area contributed by atoms with E-state index in [1.54, 1.807) is 4.90 Å². The molecule has 20 heavy (non-hydrogen) atoms. The van der Waals surface area contributed by atoms with Crippen LogP contribution in [0.1, 0.15) is 16.7 Å². The van der Waals surface area contributed by atoms with E-state index in [-0.39, 0.29) is 12.5 Å². The summed E-state index contributed by atoms with van der Waals surface area (Å²) >= 11 is 0. The fourth-order valence-electron chi connectivity index (χ4n) is 2.48. The number of hydrogen-bond acceptors (Lipinski definition) is 2. The molecule has 100 valence electrons. The minimum atomic E-state index is -0.0671. The van der Waals surface area contributed by atoms with Gasteiger partial charge in [-0.2, -0.15) is 0 Å². The second kappa shape index (κ2) is 5.31. The van der Waals surface area contributed by atoms with Crippen molar-refractivity contribution in [3.8, 4) is 0 Å². The van der Waals surface area contributed by atoms with Gasteiger partial charge in [0.05, 0.1) is 18.8 Å². The second-order valence-electron chi connectivity index (χ2n) is 4.77. The summed E-state index contributed by atoms with van der Waals surface area (Å²) in [4.78, 5) is 13.9. The third-order valence-corrected chi connectivity index (χ3v) is 3.53. The molecule has 0 fully saturated rings. The molecule has 0 aliphatic carbocycles. The molecule has 3 heteroatoms. The Hall–Kier alpha value is -2.39. The first-order valence-corrected chi connectivity index (χ1v) is 6.65. The van der Waals surface area contributed by atoms with Gasteiger partial charge in [-0.3, -0.25) is 4.79 Å². The minimum absolute atomic E-state index is 0.0141. The van der Waals surface area contributed by atoms with Crippen molar-refractivity contribution in [2.24, 2.45) is 5.73 Å². The highest BCUT2D eigenvalue weighted by Crippen LogP contribution is 2.28. The van der Waals surface area contributed by atoms with E-state index in [0.717, 1.165) is 22.4 Å². The van der Waals surface area contributed by atoms with Gasteiger partial charge >= 0.3 is 0 Å². The first-order chi connectivity index (χ1) is 9.79. The average Bonchev–Trinajstić information content (AvgIpc) is 2.49. The fourth-order valence-corrected chi connectivity index (χ4v) is 2.48. The maximum Gasteiger partial charge on any atom is 0.241 e. The molecule has 0 saturated heterocycles. The van der Waals surface area contributed by atoms with Gasteiger partial charge in [0.25, 0.3) is 0 Å². The van der Waals surface area contributed by atoms with Gasteiger partial charge < -0.3 is 10.6 Å². The normalized spacial score (nSPS) is 14.8. The molecule has 1 aliphatic heterocycles. The van der Waals surface area contributed by atoms with E-state index in [9.17, 15) is 4.79 Å². The van der Waals surface area contributed by atoms with Gasteiger partial charge in [-0.25, -0.2) is 0 Å². The number of carbonyl (C=O) groups excluding carboxylic acids is 1. The second-order valence-corrected chi connectivity index (χ2v) is 4.77. The van der Waals surface area contributed by atoms with Crippen LogP contribution in [0.4, 0.5) is 5.69 Å². The van der Waals surface area contributed by atoms with Crippen molar-refractivity contribution in [3.63, 3.8) is 0 Å². The smallest absolute Gasteiger partial charge is 0.241 e. The van der Waals surface area contributed by atoms with Gasteiger partial charge in [-0.15, -0.1) is 0 Å². The Morgan fingerprint density at radius 3 is 2.45 bits per heavy atom. The van der Waals surface area contributed by atoms with Crippen LogP contribution in [0.15, 0.2) is 48.5 Å². The SMILES string of the molecule is NCC(=O)N1Cc2ccccc2/C=C\c2ccccc21. The van der Waals surface area contributed by atoms with Crippen LogP contribution in [-0.4, -0.2) is 12.5 Å². The number of nitrogens with zero attached hydrogens (tertiary/aromatic N) is 1.